The van der Waals surface area contributed by atoms with Crippen LogP contribution in [0.25, 0.3) is 0 Å². The maximum absolute atomic E-state index is 12.8. The molecule has 0 bridgehead atoms. The Bertz CT molecular complexity index is 468. The molecule has 0 spiro atoms. The van der Waals surface area contributed by atoms with Crippen LogP contribution < -0.4 is 16.2 Å². The third-order valence-electron chi connectivity index (χ3n) is 3.05. The van der Waals surface area contributed by atoms with Gasteiger partial charge in [0.05, 0.1) is 0 Å². The lowest BCUT2D eigenvalue weighted by molar-refractivity contribution is -0.141. The minimum absolute atomic E-state index is 0.221. The summed E-state index contributed by atoms with van der Waals surface area (Å²) >= 11 is 1.83. The van der Waals surface area contributed by atoms with Crippen LogP contribution in [-0.2, 0) is 6.18 Å². The van der Waals surface area contributed by atoms with Crippen molar-refractivity contribution >= 4 is 23.5 Å². The molecule has 2 heterocycles. The zero-order valence-corrected chi connectivity index (χ0v) is 11.8. The van der Waals surface area contributed by atoms with Gasteiger partial charge in [0.15, 0.2) is 5.69 Å². The highest BCUT2D eigenvalue weighted by Crippen LogP contribution is 2.32. The molecule has 20 heavy (non-hydrogen) atoms. The fraction of sp³-hybridized carbons (Fsp3) is 0.636. The van der Waals surface area contributed by atoms with Gasteiger partial charge in [-0.1, -0.05) is 6.92 Å². The largest absolute Gasteiger partial charge is 0.433 e. The lowest BCUT2D eigenvalue weighted by atomic mass is 10.3. The molecule has 0 saturated carbocycles. The summed E-state index contributed by atoms with van der Waals surface area (Å²) in [6, 6.07) is 0.976. The van der Waals surface area contributed by atoms with Crippen LogP contribution in [0.15, 0.2) is 6.07 Å². The highest BCUT2D eigenvalue weighted by Gasteiger charge is 2.34. The van der Waals surface area contributed by atoms with Gasteiger partial charge in [0.2, 0.25) is 5.95 Å². The Hall–Kier alpha value is -1.22. The van der Waals surface area contributed by atoms with Crippen LogP contribution in [-0.4, -0.2) is 34.1 Å². The van der Waals surface area contributed by atoms with E-state index in [2.05, 4.69) is 22.3 Å². The second-order valence-electron chi connectivity index (χ2n) is 4.42. The van der Waals surface area contributed by atoms with Crippen LogP contribution >= 0.6 is 11.8 Å². The molecule has 112 valence electrons. The fourth-order valence-electron chi connectivity index (χ4n) is 1.98. The van der Waals surface area contributed by atoms with Gasteiger partial charge >= 0.3 is 6.18 Å². The summed E-state index contributed by atoms with van der Waals surface area (Å²) in [5.41, 5.74) is 1.11. The van der Waals surface area contributed by atoms with Crippen LogP contribution in [0.2, 0.25) is 0 Å². The van der Waals surface area contributed by atoms with E-state index >= 15 is 0 Å². The topological polar surface area (TPSA) is 67.1 Å². The normalized spacial score (nSPS) is 20.1. The summed E-state index contributed by atoms with van der Waals surface area (Å²) in [7, 11) is 0. The van der Waals surface area contributed by atoms with Gasteiger partial charge < -0.3 is 4.90 Å². The Morgan fingerprint density at radius 2 is 2.25 bits per heavy atom. The van der Waals surface area contributed by atoms with E-state index in [0.717, 1.165) is 18.2 Å². The molecule has 0 aliphatic carbocycles. The summed E-state index contributed by atoms with van der Waals surface area (Å²) < 4.78 is 38.4. The molecule has 1 fully saturated rings. The summed E-state index contributed by atoms with van der Waals surface area (Å²) in [5, 5.41) is 0.405. The number of alkyl halides is 3. The van der Waals surface area contributed by atoms with Gasteiger partial charge in [-0.3, -0.25) is 5.43 Å². The van der Waals surface area contributed by atoms with Crippen LogP contribution in [0.3, 0.4) is 0 Å². The van der Waals surface area contributed by atoms with E-state index in [4.69, 9.17) is 5.84 Å². The molecule has 3 N–H and O–H groups in total. The Morgan fingerprint density at radius 3 is 2.85 bits per heavy atom. The second-order valence-corrected chi connectivity index (χ2v) is 5.83. The zero-order chi connectivity index (χ0) is 14.8. The van der Waals surface area contributed by atoms with Crippen LogP contribution in [0.1, 0.15) is 19.0 Å². The molecule has 1 atom stereocenters. The zero-order valence-electron chi connectivity index (χ0n) is 10.9. The smallest absolute Gasteiger partial charge is 0.355 e. The van der Waals surface area contributed by atoms with Gasteiger partial charge in [-0.25, -0.2) is 10.8 Å². The van der Waals surface area contributed by atoms with Crippen LogP contribution in [0, 0.1) is 0 Å². The van der Waals surface area contributed by atoms with Crippen molar-refractivity contribution in [2.45, 2.75) is 24.8 Å². The van der Waals surface area contributed by atoms with Crippen molar-refractivity contribution in [2.75, 3.05) is 29.2 Å². The number of hydrazine groups is 1. The van der Waals surface area contributed by atoms with Crippen molar-refractivity contribution in [1.29, 1.82) is 0 Å². The van der Waals surface area contributed by atoms with E-state index in [1.54, 1.807) is 0 Å². The SMILES string of the molecule is CCC1CN(c2cc(C(F)(F)F)nc(NN)n2)CCS1. The summed E-state index contributed by atoms with van der Waals surface area (Å²) in [5.74, 6) is 6.06. The van der Waals surface area contributed by atoms with Crippen molar-refractivity contribution in [3.8, 4) is 0 Å². The van der Waals surface area contributed by atoms with Gasteiger partial charge in [0.25, 0.3) is 0 Å². The fourth-order valence-corrected chi connectivity index (χ4v) is 3.16. The number of aromatic nitrogens is 2. The predicted molar refractivity (Wildman–Crippen MR) is 73.6 cm³/mol. The Labute approximate surface area is 119 Å². The van der Waals surface area contributed by atoms with Crippen molar-refractivity contribution < 1.29 is 13.2 Å². The molecule has 0 radical (unpaired) electrons. The van der Waals surface area contributed by atoms with Gasteiger partial charge in [-0.15, -0.1) is 0 Å². The van der Waals surface area contributed by atoms with Crippen molar-refractivity contribution in [3.05, 3.63) is 11.8 Å². The molecule has 1 aromatic rings. The Kier molecular flexibility index (Phi) is 4.59. The van der Waals surface area contributed by atoms with Crippen molar-refractivity contribution in [3.63, 3.8) is 0 Å². The molecular formula is C11H16F3N5S. The predicted octanol–water partition coefficient (Wildman–Crippen LogP) is 2.11. The van der Waals surface area contributed by atoms with Gasteiger partial charge in [-0.2, -0.15) is 29.9 Å². The Morgan fingerprint density at radius 1 is 1.50 bits per heavy atom. The second kappa shape index (κ2) is 6.04. The van der Waals surface area contributed by atoms with Crippen LogP contribution in [0.4, 0.5) is 24.9 Å². The lowest BCUT2D eigenvalue weighted by Crippen LogP contribution is -2.38. The summed E-state index contributed by atoms with van der Waals surface area (Å²) in [4.78, 5) is 9.23. The minimum Gasteiger partial charge on any atom is -0.355 e. The first kappa shape index (κ1) is 15.2. The molecule has 0 amide bonds. The van der Waals surface area contributed by atoms with E-state index in [1.807, 2.05) is 16.7 Å². The third-order valence-corrected chi connectivity index (χ3v) is 4.42. The van der Waals surface area contributed by atoms with Gasteiger partial charge in [0.1, 0.15) is 5.82 Å². The number of rotatable bonds is 3. The van der Waals surface area contributed by atoms with Crippen LogP contribution in [0.5, 0.6) is 0 Å². The van der Waals surface area contributed by atoms with E-state index in [0.29, 0.717) is 18.3 Å². The summed E-state index contributed by atoms with van der Waals surface area (Å²) in [6.45, 7) is 3.41. The lowest BCUT2D eigenvalue weighted by Gasteiger charge is -2.33. The number of nitrogens with two attached hydrogens (primary N) is 1. The van der Waals surface area contributed by atoms with E-state index in [1.165, 1.54) is 0 Å². The average molecular weight is 307 g/mol. The van der Waals surface area contributed by atoms with E-state index < -0.39 is 11.9 Å². The minimum atomic E-state index is -4.52. The molecule has 1 aliphatic rings. The highest BCUT2D eigenvalue weighted by molar-refractivity contribution is 8.00. The molecule has 9 heteroatoms. The number of hydrogen-bond acceptors (Lipinski definition) is 6. The molecule has 1 saturated heterocycles. The number of nitrogens with one attached hydrogen (secondary N) is 1. The number of thioether (sulfide) groups is 1. The van der Waals surface area contributed by atoms with Gasteiger partial charge in [-0.05, 0) is 6.42 Å². The molecular weight excluding hydrogens is 291 g/mol. The monoisotopic (exact) mass is 307 g/mol. The first-order valence-corrected chi connectivity index (χ1v) is 7.28. The average Bonchev–Trinajstić information content (AvgIpc) is 2.46. The molecule has 1 aliphatic heterocycles. The number of halogens is 3. The molecule has 5 nitrogen and oxygen atoms in total. The third kappa shape index (κ3) is 3.45. The first-order valence-electron chi connectivity index (χ1n) is 6.23. The molecule has 1 unspecified atom stereocenters. The maximum Gasteiger partial charge on any atom is 0.433 e. The molecule has 2 rings (SSSR count). The number of hydrogen-bond donors (Lipinski definition) is 2. The quantitative estimate of drug-likeness (QED) is 0.658. The number of nitrogen functional groups attached to an aromatic ring is 1. The van der Waals surface area contributed by atoms with Gasteiger partial charge in [0, 0.05) is 30.2 Å². The van der Waals surface area contributed by atoms with E-state index in [-0.39, 0.29) is 11.8 Å². The van der Waals surface area contributed by atoms with E-state index in [9.17, 15) is 13.2 Å². The maximum atomic E-state index is 12.8. The molecule has 1 aromatic heterocycles. The van der Waals surface area contributed by atoms with Crippen molar-refractivity contribution in [2.24, 2.45) is 5.84 Å². The summed E-state index contributed by atoms with van der Waals surface area (Å²) in [6.07, 6.45) is -3.54. The number of nitrogens with zero attached hydrogens (tertiary/aromatic N) is 3. The Balaban J connectivity index is 2.30. The highest BCUT2D eigenvalue weighted by atomic mass is 32.2. The molecule has 0 aromatic carbocycles. The van der Waals surface area contributed by atoms with Crippen molar-refractivity contribution in [1.82, 2.24) is 9.97 Å². The first-order chi connectivity index (χ1) is 9.44. The number of anilines is 2. The standard InChI is InChI=1S/C11H16F3N5S/c1-2-7-6-19(3-4-20-7)9-5-8(11(12,13)14)16-10(17-9)18-15/h5,7H,2-4,6,15H2,1H3,(H,16,17,18).